The molecule has 0 aliphatic carbocycles. The fraction of sp³-hybridized carbons (Fsp3) is 0.333. The summed E-state index contributed by atoms with van der Waals surface area (Å²) in [7, 11) is 0. The minimum atomic E-state index is -0.491. The van der Waals surface area contributed by atoms with Crippen LogP contribution in [0.15, 0.2) is 29.4 Å². The number of hydrogen-bond donors (Lipinski definition) is 2. The molecule has 0 saturated heterocycles. The Kier molecular flexibility index (Phi) is 5.75. The van der Waals surface area contributed by atoms with E-state index in [-0.39, 0.29) is 11.7 Å². The van der Waals surface area contributed by atoms with Crippen molar-refractivity contribution in [2.24, 2.45) is 0 Å². The van der Waals surface area contributed by atoms with Crippen LogP contribution in [-0.4, -0.2) is 39.0 Å². The van der Waals surface area contributed by atoms with E-state index in [4.69, 9.17) is 0 Å². The highest BCUT2D eigenvalue weighted by Crippen LogP contribution is 2.23. The molecule has 7 nitrogen and oxygen atoms in total. The SMILES string of the molecule is CCNC(=O)NC(=O)CSc1nnc(C)n1-c1ccccc1C. The Balaban J connectivity index is 2.09. The van der Waals surface area contributed by atoms with Gasteiger partial charge in [-0.2, -0.15) is 0 Å². The molecule has 0 aliphatic rings. The molecule has 122 valence electrons. The van der Waals surface area contributed by atoms with Crippen LogP contribution in [0.3, 0.4) is 0 Å². The summed E-state index contributed by atoms with van der Waals surface area (Å²) in [5.74, 6) is 0.449. The molecule has 2 N–H and O–H groups in total. The van der Waals surface area contributed by atoms with Gasteiger partial charge in [-0.05, 0) is 32.4 Å². The largest absolute Gasteiger partial charge is 0.338 e. The van der Waals surface area contributed by atoms with Gasteiger partial charge in [-0.15, -0.1) is 10.2 Å². The number of carbonyl (C=O) groups is 2. The van der Waals surface area contributed by atoms with Crippen LogP contribution in [0.5, 0.6) is 0 Å². The predicted molar refractivity (Wildman–Crippen MR) is 88.8 cm³/mol. The maximum atomic E-state index is 11.8. The summed E-state index contributed by atoms with van der Waals surface area (Å²) >= 11 is 1.24. The number of hydrogen-bond acceptors (Lipinski definition) is 5. The Morgan fingerprint density at radius 2 is 1.96 bits per heavy atom. The van der Waals surface area contributed by atoms with Gasteiger partial charge in [0.1, 0.15) is 5.82 Å². The normalized spacial score (nSPS) is 10.4. The highest BCUT2D eigenvalue weighted by Gasteiger charge is 2.15. The van der Waals surface area contributed by atoms with Crippen LogP contribution >= 0.6 is 11.8 Å². The number of rotatable bonds is 5. The van der Waals surface area contributed by atoms with E-state index in [1.165, 1.54) is 11.8 Å². The van der Waals surface area contributed by atoms with Gasteiger partial charge in [0.2, 0.25) is 5.91 Å². The molecular formula is C15H19N5O2S. The first-order valence-corrected chi connectivity index (χ1v) is 8.20. The first-order chi connectivity index (χ1) is 11.0. The maximum absolute atomic E-state index is 11.8. The van der Waals surface area contributed by atoms with E-state index in [0.717, 1.165) is 17.1 Å². The van der Waals surface area contributed by atoms with Gasteiger partial charge >= 0.3 is 6.03 Å². The molecule has 0 aliphatic heterocycles. The van der Waals surface area contributed by atoms with Crippen molar-refractivity contribution in [1.29, 1.82) is 0 Å². The van der Waals surface area contributed by atoms with E-state index >= 15 is 0 Å². The molecule has 8 heteroatoms. The summed E-state index contributed by atoms with van der Waals surface area (Å²) in [6.45, 7) is 6.11. The Bertz CT molecular complexity index is 714. The molecule has 0 bridgehead atoms. The second-order valence-corrected chi connectivity index (χ2v) is 5.79. The van der Waals surface area contributed by atoms with E-state index in [2.05, 4.69) is 20.8 Å². The third kappa shape index (κ3) is 4.32. The minimum absolute atomic E-state index is 0.0845. The van der Waals surface area contributed by atoms with E-state index < -0.39 is 6.03 Å². The first kappa shape index (κ1) is 17.0. The number of nitrogens with zero attached hydrogens (tertiary/aromatic N) is 3. The Morgan fingerprint density at radius 1 is 1.22 bits per heavy atom. The molecule has 0 saturated carbocycles. The van der Waals surface area contributed by atoms with Gasteiger partial charge in [0.05, 0.1) is 11.4 Å². The standard InChI is InChI=1S/C15H19N5O2S/c1-4-16-14(22)17-13(21)9-23-15-19-18-11(3)20(15)12-8-6-5-7-10(12)2/h5-8H,4,9H2,1-3H3,(H2,16,17,21,22). The lowest BCUT2D eigenvalue weighted by Gasteiger charge is -2.11. The summed E-state index contributed by atoms with van der Waals surface area (Å²) in [5.41, 5.74) is 2.06. The number of aromatic nitrogens is 3. The zero-order chi connectivity index (χ0) is 16.8. The predicted octanol–water partition coefficient (Wildman–Crippen LogP) is 1.82. The van der Waals surface area contributed by atoms with Crippen LogP contribution in [0.2, 0.25) is 0 Å². The number of para-hydroxylation sites is 1. The number of amides is 3. The number of carbonyl (C=O) groups excluding carboxylic acids is 2. The van der Waals surface area contributed by atoms with Crippen molar-refractivity contribution in [1.82, 2.24) is 25.4 Å². The fourth-order valence-electron chi connectivity index (χ4n) is 2.03. The van der Waals surface area contributed by atoms with Crippen molar-refractivity contribution < 1.29 is 9.59 Å². The van der Waals surface area contributed by atoms with Gasteiger partial charge in [-0.25, -0.2) is 4.79 Å². The van der Waals surface area contributed by atoms with E-state index in [0.29, 0.717) is 11.7 Å². The number of nitrogens with one attached hydrogen (secondary N) is 2. The topological polar surface area (TPSA) is 88.9 Å². The van der Waals surface area contributed by atoms with E-state index in [9.17, 15) is 9.59 Å². The van der Waals surface area contributed by atoms with Crippen molar-refractivity contribution in [3.8, 4) is 5.69 Å². The molecule has 2 aromatic rings. The van der Waals surface area contributed by atoms with Crippen molar-refractivity contribution >= 4 is 23.7 Å². The molecule has 0 spiro atoms. The molecule has 2 rings (SSSR count). The van der Waals surface area contributed by atoms with Gasteiger partial charge in [-0.1, -0.05) is 30.0 Å². The molecule has 0 radical (unpaired) electrons. The van der Waals surface area contributed by atoms with Crippen LogP contribution in [0.1, 0.15) is 18.3 Å². The molecule has 3 amide bonds. The third-order valence-corrected chi connectivity index (χ3v) is 4.00. The second kappa shape index (κ2) is 7.77. The molecule has 1 aromatic carbocycles. The monoisotopic (exact) mass is 333 g/mol. The van der Waals surface area contributed by atoms with Gasteiger partial charge in [0.15, 0.2) is 5.16 Å². The van der Waals surface area contributed by atoms with Crippen LogP contribution in [0, 0.1) is 13.8 Å². The number of imide groups is 1. The van der Waals surface area contributed by atoms with Crippen molar-refractivity contribution in [3.63, 3.8) is 0 Å². The molecule has 1 heterocycles. The smallest absolute Gasteiger partial charge is 0.321 e. The number of thioether (sulfide) groups is 1. The van der Waals surface area contributed by atoms with E-state index in [1.807, 2.05) is 42.7 Å². The lowest BCUT2D eigenvalue weighted by atomic mass is 10.2. The highest BCUT2D eigenvalue weighted by atomic mass is 32.2. The zero-order valence-corrected chi connectivity index (χ0v) is 14.1. The zero-order valence-electron chi connectivity index (χ0n) is 13.3. The Labute approximate surface area is 138 Å². The van der Waals surface area contributed by atoms with Crippen LogP contribution in [0.25, 0.3) is 5.69 Å². The quantitative estimate of drug-likeness (QED) is 0.815. The summed E-state index contributed by atoms with van der Waals surface area (Å²) in [6, 6.07) is 7.40. The van der Waals surface area contributed by atoms with Gasteiger partial charge < -0.3 is 5.32 Å². The number of aryl methyl sites for hydroxylation is 2. The highest BCUT2D eigenvalue weighted by molar-refractivity contribution is 7.99. The van der Waals surface area contributed by atoms with Gasteiger partial charge in [-0.3, -0.25) is 14.7 Å². The molecule has 0 atom stereocenters. The average Bonchev–Trinajstić information content (AvgIpc) is 2.87. The lowest BCUT2D eigenvalue weighted by molar-refractivity contribution is -0.117. The molecule has 0 fully saturated rings. The molecule has 1 aromatic heterocycles. The summed E-state index contributed by atoms with van der Waals surface area (Å²) in [5, 5.41) is 13.6. The first-order valence-electron chi connectivity index (χ1n) is 7.21. The Hall–Kier alpha value is -2.35. The fourth-order valence-corrected chi connectivity index (χ4v) is 2.82. The molecular weight excluding hydrogens is 314 g/mol. The number of urea groups is 1. The molecule has 0 unspecified atom stereocenters. The minimum Gasteiger partial charge on any atom is -0.338 e. The maximum Gasteiger partial charge on any atom is 0.321 e. The van der Waals surface area contributed by atoms with E-state index in [1.54, 1.807) is 6.92 Å². The van der Waals surface area contributed by atoms with Crippen LogP contribution in [0.4, 0.5) is 4.79 Å². The Morgan fingerprint density at radius 3 is 2.65 bits per heavy atom. The third-order valence-electron chi connectivity index (χ3n) is 3.07. The lowest BCUT2D eigenvalue weighted by Crippen LogP contribution is -2.40. The summed E-state index contributed by atoms with van der Waals surface area (Å²) in [4.78, 5) is 23.1. The summed E-state index contributed by atoms with van der Waals surface area (Å²) < 4.78 is 1.90. The van der Waals surface area contributed by atoms with Crippen molar-refractivity contribution in [2.45, 2.75) is 25.9 Å². The average molecular weight is 333 g/mol. The van der Waals surface area contributed by atoms with Crippen molar-refractivity contribution in [2.75, 3.05) is 12.3 Å². The van der Waals surface area contributed by atoms with Gasteiger partial charge in [0.25, 0.3) is 0 Å². The van der Waals surface area contributed by atoms with Gasteiger partial charge in [0, 0.05) is 6.54 Å². The van der Waals surface area contributed by atoms with Crippen LogP contribution < -0.4 is 10.6 Å². The summed E-state index contributed by atoms with van der Waals surface area (Å²) in [6.07, 6.45) is 0. The van der Waals surface area contributed by atoms with Crippen molar-refractivity contribution in [3.05, 3.63) is 35.7 Å². The number of benzene rings is 1. The molecule has 23 heavy (non-hydrogen) atoms. The second-order valence-electron chi connectivity index (χ2n) is 4.85. The van der Waals surface area contributed by atoms with Crippen LogP contribution in [-0.2, 0) is 4.79 Å².